The summed E-state index contributed by atoms with van der Waals surface area (Å²) >= 11 is 0. The average molecular weight is 143 g/mol. The van der Waals surface area contributed by atoms with Gasteiger partial charge < -0.3 is 10.5 Å². The Balaban J connectivity index is 3.06. The SMILES string of the molecule is C=C(C)CCOCC(N)=O. The third kappa shape index (κ3) is 7.17. The van der Waals surface area contributed by atoms with Crippen LogP contribution in [0.4, 0.5) is 0 Å². The molecule has 0 saturated heterocycles. The molecule has 0 atom stereocenters. The molecule has 0 unspecified atom stereocenters. The van der Waals surface area contributed by atoms with Crippen molar-refractivity contribution < 1.29 is 9.53 Å². The van der Waals surface area contributed by atoms with Crippen molar-refractivity contribution in [3.05, 3.63) is 12.2 Å². The van der Waals surface area contributed by atoms with Crippen LogP contribution in [0.5, 0.6) is 0 Å². The van der Waals surface area contributed by atoms with Gasteiger partial charge in [0.1, 0.15) is 6.61 Å². The molecule has 58 valence electrons. The van der Waals surface area contributed by atoms with Crippen molar-refractivity contribution in [1.82, 2.24) is 0 Å². The van der Waals surface area contributed by atoms with Gasteiger partial charge in [0.25, 0.3) is 0 Å². The van der Waals surface area contributed by atoms with Crippen LogP contribution < -0.4 is 5.73 Å². The third-order valence-corrected chi connectivity index (χ3v) is 0.917. The largest absolute Gasteiger partial charge is 0.371 e. The summed E-state index contributed by atoms with van der Waals surface area (Å²) in [5, 5.41) is 0. The van der Waals surface area contributed by atoms with E-state index in [4.69, 9.17) is 10.5 Å². The van der Waals surface area contributed by atoms with Crippen LogP contribution in [-0.2, 0) is 9.53 Å². The summed E-state index contributed by atoms with van der Waals surface area (Å²) < 4.78 is 4.87. The Morgan fingerprint density at radius 2 is 2.30 bits per heavy atom. The zero-order chi connectivity index (χ0) is 7.98. The first-order chi connectivity index (χ1) is 4.63. The summed E-state index contributed by atoms with van der Waals surface area (Å²) in [5.74, 6) is -0.429. The van der Waals surface area contributed by atoms with Crippen molar-refractivity contribution in [1.29, 1.82) is 0 Å². The maximum absolute atomic E-state index is 10.1. The Labute approximate surface area is 60.9 Å². The molecule has 0 heterocycles. The van der Waals surface area contributed by atoms with E-state index in [0.717, 1.165) is 12.0 Å². The molecular weight excluding hydrogens is 130 g/mol. The maximum atomic E-state index is 10.1. The number of ether oxygens (including phenoxy) is 1. The first-order valence-electron chi connectivity index (χ1n) is 3.13. The number of hydrogen-bond acceptors (Lipinski definition) is 2. The highest BCUT2D eigenvalue weighted by Crippen LogP contribution is 1.94. The molecule has 0 radical (unpaired) electrons. The van der Waals surface area contributed by atoms with Crippen LogP contribution in [0, 0.1) is 0 Å². The van der Waals surface area contributed by atoms with Crippen molar-refractivity contribution in [2.24, 2.45) is 5.73 Å². The van der Waals surface area contributed by atoms with E-state index in [1.165, 1.54) is 0 Å². The minimum Gasteiger partial charge on any atom is -0.371 e. The fraction of sp³-hybridized carbons (Fsp3) is 0.571. The van der Waals surface area contributed by atoms with Gasteiger partial charge in [0.05, 0.1) is 6.61 Å². The Morgan fingerprint density at radius 1 is 1.70 bits per heavy atom. The van der Waals surface area contributed by atoms with E-state index >= 15 is 0 Å². The summed E-state index contributed by atoms with van der Waals surface area (Å²) in [6, 6.07) is 0. The molecule has 0 aromatic carbocycles. The van der Waals surface area contributed by atoms with Crippen molar-refractivity contribution >= 4 is 5.91 Å². The third-order valence-electron chi connectivity index (χ3n) is 0.917. The zero-order valence-corrected chi connectivity index (χ0v) is 6.22. The first kappa shape index (κ1) is 9.17. The molecule has 0 aliphatic carbocycles. The number of hydrogen-bond donors (Lipinski definition) is 1. The van der Waals surface area contributed by atoms with Gasteiger partial charge >= 0.3 is 0 Å². The van der Waals surface area contributed by atoms with Crippen LogP contribution in [0.15, 0.2) is 12.2 Å². The Kier molecular flexibility index (Phi) is 4.58. The second-order valence-electron chi connectivity index (χ2n) is 2.23. The normalized spacial score (nSPS) is 9.30. The Hall–Kier alpha value is -0.830. The second kappa shape index (κ2) is 4.99. The molecule has 0 rings (SSSR count). The highest BCUT2D eigenvalue weighted by atomic mass is 16.5. The van der Waals surface area contributed by atoms with Crippen molar-refractivity contribution in [2.45, 2.75) is 13.3 Å². The fourth-order valence-electron chi connectivity index (χ4n) is 0.419. The molecule has 0 fully saturated rings. The van der Waals surface area contributed by atoms with Crippen LogP contribution in [0.25, 0.3) is 0 Å². The number of nitrogens with two attached hydrogens (primary N) is 1. The molecule has 0 saturated carbocycles. The van der Waals surface area contributed by atoms with Gasteiger partial charge in [0, 0.05) is 0 Å². The van der Waals surface area contributed by atoms with E-state index in [1.807, 2.05) is 6.92 Å². The summed E-state index contributed by atoms with van der Waals surface area (Å²) in [6.07, 6.45) is 0.785. The summed E-state index contributed by atoms with van der Waals surface area (Å²) in [4.78, 5) is 10.1. The lowest BCUT2D eigenvalue weighted by molar-refractivity contribution is -0.122. The molecule has 0 aliphatic rings. The van der Waals surface area contributed by atoms with Gasteiger partial charge in [-0.3, -0.25) is 4.79 Å². The maximum Gasteiger partial charge on any atom is 0.243 e. The summed E-state index contributed by atoms with van der Waals surface area (Å²) in [7, 11) is 0. The van der Waals surface area contributed by atoms with E-state index in [1.54, 1.807) is 0 Å². The molecule has 0 aliphatic heterocycles. The molecule has 2 N–H and O–H groups in total. The topological polar surface area (TPSA) is 52.3 Å². The van der Waals surface area contributed by atoms with E-state index in [-0.39, 0.29) is 6.61 Å². The summed E-state index contributed by atoms with van der Waals surface area (Å²) in [6.45, 7) is 6.12. The van der Waals surface area contributed by atoms with Gasteiger partial charge in [-0.25, -0.2) is 0 Å². The van der Waals surface area contributed by atoms with Gasteiger partial charge in [0.2, 0.25) is 5.91 Å². The van der Waals surface area contributed by atoms with E-state index < -0.39 is 5.91 Å². The van der Waals surface area contributed by atoms with Crippen LogP contribution in [0.1, 0.15) is 13.3 Å². The van der Waals surface area contributed by atoms with E-state index in [0.29, 0.717) is 6.61 Å². The molecule has 0 spiro atoms. The van der Waals surface area contributed by atoms with Gasteiger partial charge in [0.15, 0.2) is 0 Å². The lowest BCUT2D eigenvalue weighted by Gasteiger charge is -1.99. The molecular formula is C7H13NO2. The molecule has 10 heavy (non-hydrogen) atoms. The lowest BCUT2D eigenvalue weighted by atomic mass is 10.3. The molecule has 0 bridgehead atoms. The van der Waals surface area contributed by atoms with Gasteiger partial charge in [-0.15, -0.1) is 6.58 Å². The number of amides is 1. The number of primary amides is 1. The van der Waals surface area contributed by atoms with Gasteiger partial charge in [-0.05, 0) is 13.3 Å². The highest BCUT2D eigenvalue weighted by Gasteiger charge is 1.92. The molecule has 3 heteroatoms. The highest BCUT2D eigenvalue weighted by molar-refractivity contribution is 5.74. The van der Waals surface area contributed by atoms with Crippen molar-refractivity contribution in [3.63, 3.8) is 0 Å². The molecule has 3 nitrogen and oxygen atoms in total. The monoisotopic (exact) mass is 143 g/mol. The minimum atomic E-state index is -0.429. The average Bonchev–Trinajstić information content (AvgIpc) is 1.79. The van der Waals surface area contributed by atoms with Crippen molar-refractivity contribution in [2.75, 3.05) is 13.2 Å². The predicted molar refractivity (Wildman–Crippen MR) is 39.4 cm³/mol. The van der Waals surface area contributed by atoms with Crippen LogP contribution in [0.3, 0.4) is 0 Å². The summed E-state index contributed by atoms with van der Waals surface area (Å²) in [5.41, 5.74) is 5.87. The van der Waals surface area contributed by atoms with E-state index in [9.17, 15) is 4.79 Å². The quantitative estimate of drug-likeness (QED) is 0.449. The number of carbonyl (C=O) groups excluding carboxylic acids is 1. The molecule has 0 aromatic heterocycles. The first-order valence-corrected chi connectivity index (χ1v) is 3.13. The zero-order valence-electron chi connectivity index (χ0n) is 6.22. The fourth-order valence-corrected chi connectivity index (χ4v) is 0.419. The van der Waals surface area contributed by atoms with Crippen LogP contribution >= 0.6 is 0 Å². The van der Waals surface area contributed by atoms with Crippen molar-refractivity contribution in [3.8, 4) is 0 Å². The lowest BCUT2D eigenvalue weighted by Crippen LogP contribution is -2.18. The van der Waals surface area contributed by atoms with E-state index in [2.05, 4.69) is 6.58 Å². The van der Waals surface area contributed by atoms with Crippen LogP contribution in [-0.4, -0.2) is 19.1 Å². The minimum absolute atomic E-state index is 0.00722. The Morgan fingerprint density at radius 3 is 2.70 bits per heavy atom. The number of carbonyl (C=O) groups is 1. The standard InChI is InChI=1S/C7H13NO2/c1-6(2)3-4-10-5-7(8)9/h1,3-5H2,2H3,(H2,8,9). The van der Waals surface area contributed by atoms with Gasteiger partial charge in [-0.1, -0.05) is 5.57 Å². The van der Waals surface area contributed by atoms with Gasteiger partial charge in [-0.2, -0.15) is 0 Å². The Bertz CT molecular complexity index is 116. The smallest absolute Gasteiger partial charge is 0.243 e. The predicted octanol–water partition coefficient (Wildman–Crippen LogP) is 0.455. The number of rotatable bonds is 5. The molecule has 1 amide bonds. The van der Waals surface area contributed by atoms with Crippen LogP contribution in [0.2, 0.25) is 0 Å². The second-order valence-corrected chi connectivity index (χ2v) is 2.23. The molecule has 0 aromatic rings.